The molecule has 2 bridgehead atoms. The number of ether oxygens (including phenoxy) is 3. The normalized spacial score (nSPS) is 21.9. The van der Waals surface area contributed by atoms with Gasteiger partial charge in [0.05, 0.1) is 36.6 Å². The molecule has 2 fully saturated rings. The number of nitrogens with zero attached hydrogens (tertiary/aromatic N) is 3. The predicted molar refractivity (Wildman–Crippen MR) is 119 cm³/mol. The van der Waals surface area contributed by atoms with E-state index in [-0.39, 0.29) is 41.7 Å². The van der Waals surface area contributed by atoms with Crippen LogP contribution in [-0.2, 0) is 9.47 Å². The number of nitrogens with one attached hydrogen (secondary N) is 1. The van der Waals surface area contributed by atoms with Gasteiger partial charge in [-0.3, -0.25) is 0 Å². The number of benzene rings is 1. The molecule has 9 heteroatoms. The molecule has 174 valence electrons. The summed E-state index contributed by atoms with van der Waals surface area (Å²) in [6, 6.07) is 8.77. The van der Waals surface area contributed by atoms with Crippen LogP contribution in [0.5, 0.6) is 5.88 Å². The summed E-state index contributed by atoms with van der Waals surface area (Å²) in [6.07, 6.45) is 0.612. The Morgan fingerprint density at radius 3 is 2.64 bits per heavy atom. The Balaban J connectivity index is 1.49. The molecule has 0 radical (unpaired) electrons. The number of nitriles is 1. The maximum atomic E-state index is 15.3. The maximum absolute atomic E-state index is 15.3. The number of fused-ring (bicyclic) bond motifs is 2. The molecule has 3 heterocycles. The van der Waals surface area contributed by atoms with Gasteiger partial charge in [-0.15, -0.1) is 0 Å². The lowest BCUT2D eigenvalue weighted by Gasteiger charge is -2.45. The number of halogens is 1. The van der Waals surface area contributed by atoms with E-state index in [2.05, 4.69) is 16.4 Å². The highest BCUT2D eigenvalue weighted by Gasteiger charge is 2.44. The van der Waals surface area contributed by atoms with E-state index in [0.29, 0.717) is 37.6 Å². The standard InChI is InChI=1S/C24H27FN4O4/c1-14(2)32-24(30)29-10-17-12-31-13-18(11-29)22(17)33-23-21(25)20(6-7-27-23)28-19-5-4-16(9-26)8-15(19)3/h4-8,14,17-18,22H,10-13H2,1-3H3,(H,27,28). The molecule has 2 saturated heterocycles. The summed E-state index contributed by atoms with van der Waals surface area (Å²) >= 11 is 0. The van der Waals surface area contributed by atoms with Gasteiger partial charge in [0.25, 0.3) is 5.88 Å². The summed E-state index contributed by atoms with van der Waals surface area (Å²) in [5, 5.41) is 12.1. The van der Waals surface area contributed by atoms with Crippen molar-refractivity contribution in [2.45, 2.75) is 33.0 Å². The molecule has 2 aliphatic heterocycles. The maximum Gasteiger partial charge on any atom is 0.410 e. The van der Waals surface area contributed by atoms with Crippen LogP contribution in [0.3, 0.4) is 0 Å². The van der Waals surface area contributed by atoms with Gasteiger partial charge in [0.1, 0.15) is 6.10 Å². The van der Waals surface area contributed by atoms with Gasteiger partial charge in [-0.05, 0) is 50.6 Å². The number of piperidine rings is 1. The first-order valence-electron chi connectivity index (χ1n) is 11.0. The van der Waals surface area contributed by atoms with Crippen LogP contribution in [0.1, 0.15) is 25.0 Å². The number of anilines is 2. The van der Waals surface area contributed by atoms with E-state index >= 15 is 4.39 Å². The van der Waals surface area contributed by atoms with Gasteiger partial charge in [-0.25, -0.2) is 9.78 Å². The highest BCUT2D eigenvalue weighted by molar-refractivity contribution is 5.68. The molecule has 2 unspecified atom stereocenters. The van der Waals surface area contributed by atoms with Crippen LogP contribution < -0.4 is 10.1 Å². The number of hydrogen-bond donors (Lipinski definition) is 1. The van der Waals surface area contributed by atoms with Gasteiger partial charge < -0.3 is 24.4 Å². The summed E-state index contributed by atoms with van der Waals surface area (Å²) in [4.78, 5) is 18.2. The van der Waals surface area contributed by atoms with Crippen molar-refractivity contribution in [2.24, 2.45) is 11.8 Å². The first-order valence-corrected chi connectivity index (χ1v) is 11.0. The van der Waals surface area contributed by atoms with Crippen LogP contribution in [0, 0.1) is 35.9 Å². The second-order valence-electron chi connectivity index (χ2n) is 8.72. The van der Waals surface area contributed by atoms with E-state index in [1.54, 1.807) is 23.1 Å². The van der Waals surface area contributed by atoms with Gasteiger partial charge in [-0.2, -0.15) is 9.65 Å². The van der Waals surface area contributed by atoms with Crippen LogP contribution in [-0.4, -0.2) is 54.5 Å². The lowest BCUT2D eigenvalue weighted by Crippen LogP contribution is -2.58. The third-order valence-electron chi connectivity index (χ3n) is 5.83. The molecule has 33 heavy (non-hydrogen) atoms. The minimum Gasteiger partial charge on any atom is -0.471 e. The summed E-state index contributed by atoms with van der Waals surface area (Å²) in [5.41, 5.74) is 2.27. The Hall–Kier alpha value is -3.38. The van der Waals surface area contributed by atoms with Crippen molar-refractivity contribution >= 4 is 17.5 Å². The minimum absolute atomic E-state index is 0.0913. The van der Waals surface area contributed by atoms with Crippen molar-refractivity contribution in [1.29, 1.82) is 5.26 Å². The lowest BCUT2D eigenvalue weighted by molar-refractivity contribution is -0.111. The molecular formula is C24H27FN4O4. The van der Waals surface area contributed by atoms with Crippen LogP contribution in [0.25, 0.3) is 0 Å². The van der Waals surface area contributed by atoms with Gasteiger partial charge in [-0.1, -0.05) is 0 Å². The Kier molecular flexibility index (Phi) is 6.65. The highest BCUT2D eigenvalue weighted by Crippen LogP contribution is 2.34. The molecule has 8 nitrogen and oxygen atoms in total. The zero-order valence-corrected chi connectivity index (χ0v) is 18.9. The predicted octanol–water partition coefficient (Wildman–Crippen LogP) is 4.02. The number of aryl methyl sites for hydroxylation is 1. The summed E-state index contributed by atoms with van der Waals surface area (Å²) in [5.74, 6) is -0.917. The van der Waals surface area contributed by atoms with Crippen molar-refractivity contribution in [2.75, 3.05) is 31.6 Å². The van der Waals surface area contributed by atoms with Crippen molar-refractivity contribution in [3.05, 3.63) is 47.4 Å². The number of hydrogen-bond acceptors (Lipinski definition) is 7. The largest absolute Gasteiger partial charge is 0.471 e. The van der Waals surface area contributed by atoms with E-state index in [1.807, 2.05) is 20.8 Å². The highest BCUT2D eigenvalue weighted by atomic mass is 19.1. The van der Waals surface area contributed by atoms with E-state index in [4.69, 9.17) is 19.5 Å². The van der Waals surface area contributed by atoms with Crippen molar-refractivity contribution in [3.8, 4) is 11.9 Å². The van der Waals surface area contributed by atoms with Crippen LogP contribution >= 0.6 is 0 Å². The number of rotatable bonds is 5. The molecular weight excluding hydrogens is 427 g/mol. The van der Waals surface area contributed by atoms with Crippen molar-refractivity contribution < 1.29 is 23.4 Å². The quantitative estimate of drug-likeness (QED) is 0.729. The van der Waals surface area contributed by atoms with E-state index in [1.165, 1.54) is 12.3 Å². The summed E-state index contributed by atoms with van der Waals surface area (Å²) < 4.78 is 32.4. The number of carbonyl (C=O) groups is 1. The number of carbonyl (C=O) groups excluding carboxylic acids is 1. The van der Waals surface area contributed by atoms with Gasteiger partial charge >= 0.3 is 6.09 Å². The average Bonchev–Trinajstić information content (AvgIpc) is 2.76. The Bertz CT molecular complexity index is 1060. The van der Waals surface area contributed by atoms with Crippen LogP contribution in [0.2, 0.25) is 0 Å². The molecule has 2 aliphatic rings. The van der Waals surface area contributed by atoms with Crippen molar-refractivity contribution in [1.82, 2.24) is 9.88 Å². The van der Waals surface area contributed by atoms with Gasteiger partial charge in [0.15, 0.2) is 0 Å². The average molecular weight is 455 g/mol. The molecule has 0 saturated carbocycles. The summed E-state index contributed by atoms with van der Waals surface area (Å²) in [6.45, 7) is 7.12. The Labute approximate surface area is 192 Å². The number of aromatic nitrogens is 1. The molecule has 4 rings (SSSR count). The number of pyridine rings is 1. The van der Waals surface area contributed by atoms with Crippen LogP contribution in [0.15, 0.2) is 30.5 Å². The molecule has 1 aromatic heterocycles. The Morgan fingerprint density at radius 1 is 1.27 bits per heavy atom. The molecule has 0 aliphatic carbocycles. The zero-order valence-electron chi connectivity index (χ0n) is 18.9. The van der Waals surface area contributed by atoms with Gasteiger partial charge in [0.2, 0.25) is 5.82 Å². The first kappa shape index (κ1) is 22.8. The second kappa shape index (κ2) is 9.63. The molecule has 0 spiro atoms. The van der Waals surface area contributed by atoms with Gasteiger partial charge in [0, 0.05) is 36.8 Å². The topological polar surface area (TPSA) is 96.7 Å². The fourth-order valence-electron chi connectivity index (χ4n) is 4.27. The molecule has 2 aromatic rings. The fourth-order valence-corrected chi connectivity index (χ4v) is 4.27. The smallest absolute Gasteiger partial charge is 0.410 e. The fraction of sp³-hybridized carbons (Fsp3) is 0.458. The monoisotopic (exact) mass is 454 g/mol. The molecule has 2 atom stereocenters. The lowest BCUT2D eigenvalue weighted by atomic mass is 9.84. The van der Waals surface area contributed by atoms with E-state index < -0.39 is 5.82 Å². The third-order valence-corrected chi connectivity index (χ3v) is 5.83. The number of amides is 1. The van der Waals surface area contributed by atoms with Crippen molar-refractivity contribution in [3.63, 3.8) is 0 Å². The molecule has 1 aromatic carbocycles. The molecule has 1 N–H and O–H groups in total. The van der Waals surface area contributed by atoms with E-state index in [9.17, 15) is 4.79 Å². The van der Waals surface area contributed by atoms with Crippen LogP contribution in [0.4, 0.5) is 20.6 Å². The minimum atomic E-state index is -0.595. The first-order chi connectivity index (χ1) is 15.9. The summed E-state index contributed by atoms with van der Waals surface area (Å²) in [7, 11) is 0. The Morgan fingerprint density at radius 2 is 2.00 bits per heavy atom. The number of likely N-dealkylation sites (tertiary alicyclic amines) is 1. The van der Waals surface area contributed by atoms with E-state index in [0.717, 1.165) is 5.56 Å². The third kappa shape index (κ3) is 5.01. The molecule has 1 amide bonds. The zero-order chi connectivity index (χ0) is 23.5. The second-order valence-corrected chi connectivity index (χ2v) is 8.72. The SMILES string of the molecule is Cc1cc(C#N)ccc1Nc1ccnc(OC2C3COCC2CN(C(=O)OC(C)C)C3)c1F.